The highest BCUT2D eigenvalue weighted by atomic mass is 16.4. The van der Waals surface area contributed by atoms with Gasteiger partial charge in [0.2, 0.25) is 5.91 Å². The van der Waals surface area contributed by atoms with E-state index in [-0.39, 0.29) is 12.5 Å². The van der Waals surface area contributed by atoms with E-state index >= 15 is 0 Å². The van der Waals surface area contributed by atoms with Gasteiger partial charge in [0.25, 0.3) is 0 Å². The summed E-state index contributed by atoms with van der Waals surface area (Å²) in [7, 11) is 1.52. The van der Waals surface area contributed by atoms with Gasteiger partial charge >= 0.3 is 5.97 Å². The second kappa shape index (κ2) is 5.59. The van der Waals surface area contributed by atoms with Crippen molar-refractivity contribution in [3.8, 4) is 0 Å². The van der Waals surface area contributed by atoms with Crippen LogP contribution in [-0.2, 0) is 9.59 Å². The van der Waals surface area contributed by atoms with Crippen LogP contribution in [0.3, 0.4) is 0 Å². The van der Waals surface area contributed by atoms with Gasteiger partial charge in [-0.1, -0.05) is 13.8 Å². The normalized spacial score (nSPS) is 11.1. The molecule has 5 heteroatoms. The molecule has 0 aromatic rings. The van der Waals surface area contributed by atoms with Gasteiger partial charge in [0.15, 0.2) is 0 Å². The number of carbonyl (C=O) groups is 2. The summed E-state index contributed by atoms with van der Waals surface area (Å²) in [5.41, 5.74) is -0.980. The highest BCUT2D eigenvalue weighted by Crippen LogP contribution is 2.14. The van der Waals surface area contributed by atoms with Crippen molar-refractivity contribution >= 4 is 11.9 Å². The minimum Gasteiger partial charge on any atom is -0.480 e. The summed E-state index contributed by atoms with van der Waals surface area (Å²) in [6.07, 6.45) is 0.908. The molecule has 1 amide bonds. The van der Waals surface area contributed by atoms with E-state index in [4.69, 9.17) is 5.11 Å². The lowest BCUT2D eigenvalue weighted by Crippen LogP contribution is -2.53. The maximum absolute atomic E-state index is 11.0. The summed E-state index contributed by atoms with van der Waals surface area (Å²) in [6, 6.07) is 0. The highest BCUT2D eigenvalue weighted by Gasteiger charge is 2.34. The van der Waals surface area contributed by atoms with E-state index < -0.39 is 11.5 Å². The van der Waals surface area contributed by atoms with Crippen LogP contribution in [-0.4, -0.2) is 36.1 Å². The Labute approximate surface area is 83.9 Å². The molecule has 0 aliphatic carbocycles. The third kappa shape index (κ3) is 2.99. The van der Waals surface area contributed by atoms with Crippen LogP contribution in [0, 0.1) is 0 Å². The number of amides is 1. The third-order valence-electron chi connectivity index (χ3n) is 2.48. The number of aliphatic carboxylic acids is 1. The molecule has 82 valence electrons. The summed E-state index contributed by atoms with van der Waals surface area (Å²) in [5.74, 6) is -1.12. The summed E-state index contributed by atoms with van der Waals surface area (Å²) >= 11 is 0. The highest BCUT2D eigenvalue weighted by molar-refractivity contribution is 5.81. The number of nitrogens with one attached hydrogen (secondary N) is 2. The first-order valence-corrected chi connectivity index (χ1v) is 4.71. The molecule has 3 N–H and O–H groups in total. The molecule has 0 radical (unpaired) electrons. The molecule has 14 heavy (non-hydrogen) atoms. The molecule has 0 saturated carbocycles. The molecular formula is C9H18N2O3. The second-order valence-corrected chi connectivity index (χ2v) is 3.12. The molecule has 0 atom stereocenters. The van der Waals surface area contributed by atoms with Gasteiger partial charge in [-0.05, 0) is 12.8 Å². The largest absolute Gasteiger partial charge is 0.480 e. The molecule has 0 fully saturated rings. The number of hydrogen-bond donors (Lipinski definition) is 3. The van der Waals surface area contributed by atoms with Gasteiger partial charge in [-0.25, -0.2) is 0 Å². The van der Waals surface area contributed by atoms with Gasteiger partial charge in [-0.15, -0.1) is 0 Å². The Kier molecular flexibility index (Phi) is 5.15. The number of carboxylic acid groups (broad SMARTS) is 1. The molecule has 0 aromatic carbocycles. The molecular weight excluding hydrogens is 184 g/mol. The molecule has 0 rings (SSSR count). The van der Waals surface area contributed by atoms with E-state index in [9.17, 15) is 9.59 Å². The van der Waals surface area contributed by atoms with Gasteiger partial charge in [-0.3, -0.25) is 14.9 Å². The lowest BCUT2D eigenvalue weighted by Gasteiger charge is -2.27. The van der Waals surface area contributed by atoms with E-state index in [1.165, 1.54) is 7.05 Å². The van der Waals surface area contributed by atoms with E-state index in [2.05, 4.69) is 10.6 Å². The number of rotatable bonds is 6. The molecule has 0 bridgehead atoms. The Morgan fingerprint density at radius 3 is 2.07 bits per heavy atom. The monoisotopic (exact) mass is 202 g/mol. The van der Waals surface area contributed by atoms with Crippen molar-refractivity contribution in [1.29, 1.82) is 0 Å². The molecule has 0 aliphatic rings. The fourth-order valence-electron chi connectivity index (χ4n) is 1.22. The molecule has 0 aromatic heterocycles. The van der Waals surface area contributed by atoms with Crippen LogP contribution < -0.4 is 10.6 Å². The maximum atomic E-state index is 11.0. The van der Waals surface area contributed by atoms with Crippen molar-refractivity contribution in [2.24, 2.45) is 0 Å². The average Bonchev–Trinajstić information content (AvgIpc) is 2.19. The van der Waals surface area contributed by atoms with Crippen LogP contribution in [0.25, 0.3) is 0 Å². The summed E-state index contributed by atoms with van der Waals surface area (Å²) in [5, 5.41) is 14.2. The van der Waals surface area contributed by atoms with Crippen molar-refractivity contribution in [1.82, 2.24) is 10.6 Å². The number of carbonyl (C=O) groups excluding carboxylic acids is 1. The Morgan fingerprint density at radius 2 is 1.79 bits per heavy atom. The summed E-state index contributed by atoms with van der Waals surface area (Å²) in [4.78, 5) is 21.9. The van der Waals surface area contributed by atoms with Gasteiger partial charge in [0.1, 0.15) is 5.54 Å². The van der Waals surface area contributed by atoms with E-state index in [0.717, 1.165) is 0 Å². The quantitative estimate of drug-likeness (QED) is 0.565. The molecule has 0 unspecified atom stereocenters. The van der Waals surface area contributed by atoms with Crippen LogP contribution in [0.15, 0.2) is 0 Å². The number of likely N-dealkylation sites (N-methyl/N-ethyl adjacent to an activating group) is 1. The van der Waals surface area contributed by atoms with Gasteiger partial charge in [-0.2, -0.15) is 0 Å². The minimum atomic E-state index is -0.980. The first-order valence-electron chi connectivity index (χ1n) is 4.71. The number of hydrogen-bond acceptors (Lipinski definition) is 3. The zero-order chi connectivity index (χ0) is 11.2. The maximum Gasteiger partial charge on any atom is 0.323 e. The smallest absolute Gasteiger partial charge is 0.323 e. The molecule has 5 nitrogen and oxygen atoms in total. The molecule has 0 aliphatic heterocycles. The summed E-state index contributed by atoms with van der Waals surface area (Å²) < 4.78 is 0. The zero-order valence-corrected chi connectivity index (χ0v) is 8.89. The van der Waals surface area contributed by atoms with Crippen molar-refractivity contribution < 1.29 is 14.7 Å². The standard InChI is InChI=1S/C9H18N2O3/c1-4-9(5-2,8(13)14)11-6-7(12)10-3/h11H,4-6H2,1-3H3,(H,10,12)(H,13,14). The zero-order valence-electron chi connectivity index (χ0n) is 8.89. The number of carboxylic acids is 1. The predicted octanol–water partition coefficient (Wildman–Crippen LogP) is -0.0346. The Bertz CT molecular complexity index is 212. The van der Waals surface area contributed by atoms with Gasteiger partial charge in [0.05, 0.1) is 6.54 Å². The lowest BCUT2D eigenvalue weighted by molar-refractivity contribution is -0.145. The summed E-state index contributed by atoms with van der Waals surface area (Å²) in [6.45, 7) is 3.60. The van der Waals surface area contributed by atoms with E-state index in [0.29, 0.717) is 12.8 Å². The molecule has 0 heterocycles. The van der Waals surface area contributed by atoms with E-state index in [1.807, 2.05) is 0 Å². The van der Waals surface area contributed by atoms with Crippen LogP contribution >= 0.6 is 0 Å². The first-order chi connectivity index (χ1) is 6.52. The fourth-order valence-corrected chi connectivity index (χ4v) is 1.22. The Morgan fingerprint density at radius 1 is 1.29 bits per heavy atom. The predicted molar refractivity (Wildman–Crippen MR) is 53.0 cm³/mol. The van der Waals surface area contributed by atoms with Crippen LogP contribution in [0.5, 0.6) is 0 Å². The van der Waals surface area contributed by atoms with Crippen LogP contribution in [0.1, 0.15) is 26.7 Å². The van der Waals surface area contributed by atoms with E-state index in [1.54, 1.807) is 13.8 Å². The average molecular weight is 202 g/mol. The van der Waals surface area contributed by atoms with Crippen molar-refractivity contribution in [2.45, 2.75) is 32.2 Å². The fraction of sp³-hybridized carbons (Fsp3) is 0.778. The molecule has 0 spiro atoms. The topological polar surface area (TPSA) is 78.4 Å². The minimum absolute atomic E-state index is 0.0322. The van der Waals surface area contributed by atoms with Gasteiger partial charge in [0, 0.05) is 7.05 Å². The van der Waals surface area contributed by atoms with Crippen LogP contribution in [0.2, 0.25) is 0 Å². The third-order valence-corrected chi connectivity index (χ3v) is 2.48. The van der Waals surface area contributed by atoms with Crippen molar-refractivity contribution in [3.05, 3.63) is 0 Å². The van der Waals surface area contributed by atoms with Crippen LogP contribution in [0.4, 0.5) is 0 Å². The Balaban J connectivity index is 4.37. The van der Waals surface area contributed by atoms with Gasteiger partial charge < -0.3 is 10.4 Å². The molecule has 0 saturated heterocycles. The van der Waals surface area contributed by atoms with Crippen molar-refractivity contribution in [3.63, 3.8) is 0 Å². The first kappa shape index (κ1) is 12.9. The SMILES string of the molecule is CCC(CC)(NCC(=O)NC)C(=O)O. The Hall–Kier alpha value is -1.10. The lowest BCUT2D eigenvalue weighted by atomic mass is 9.93. The second-order valence-electron chi connectivity index (χ2n) is 3.12. The van der Waals surface area contributed by atoms with Crippen molar-refractivity contribution in [2.75, 3.05) is 13.6 Å².